The summed E-state index contributed by atoms with van der Waals surface area (Å²) in [6, 6.07) is 13.4. The van der Waals surface area contributed by atoms with Gasteiger partial charge in [-0.2, -0.15) is 0 Å². The van der Waals surface area contributed by atoms with E-state index in [4.69, 9.17) is 14.2 Å². The highest BCUT2D eigenvalue weighted by molar-refractivity contribution is 5.68. The van der Waals surface area contributed by atoms with E-state index in [1.165, 1.54) is 36.4 Å². The third-order valence-electron chi connectivity index (χ3n) is 7.92. The number of hydrogen-bond acceptors (Lipinski definition) is 11. The van der Waals surface area contributed by atoms with Crippen molar-refractivity contribution in [2.45, 2.75) is 36.4 Å². The highest BCUT2D eigenvalue weighted by Gasteiger charge is 2.60. The average molecular weight is 561 g/mol. The first-order valence-corrected chi connectivity index (χ1v) is 12.7. The molecular weight excluding hydrogens is 536 g/mol. The Morgan fingerprint density at radius 3 is 2.07 bits per heavy atom. The number of ether oxygens (including phenoxy) is 3. The Kier molecular flexibility index (Phi) is 5.18. The molecule has 5 atom stereocenters. The second kappa shape index (κ2) is 8.50. The zero-order valence-corrected chi connectivity index (χ0v) is 21.1. The van der Waals surface area contributed by atoms with Gasteiger partial charge in [-0.25, -0.2) is 0 Å². The van der Waals surface area contributed by atoms with Crippen LogP contribution in [0.2, 0.25) is 0 Å². The lowest BCUT2D eigenvalue weighted by atomic mass is 9.74. The van der Waals surface area contributed by atoms with Crippen LogP contribution in [-0.2, 0) is 12.2 Å². The zero-order valence-electron chi connectivity index (χ0n) is 21.1. The van der Waals surface area contributed by atoms with E-state index in [9.17, 15) is 40.9 Å². The summed E-state index contributed by atoms with van der Waals surface area (Å²) in [5.74, 6) is -4.89. The number of phenols is 6. The molecule has 4 aromatic rings. The molecule has 4 aromatic carbocycles. The predicted molar refractivity (Wildman–Crippen MR) is 140 cm³/mol. The molecule has 8 N–H and O–H groups in total. The number of fused-ring (bicyclic) bond motifs is 8. The van der Waals surface area contributed by atoms with Crippen LogP contribution in [0.1, 0.15) is 39.8 Å². The fourth-order valence-corrected chi connectivity index (χ4v) is 6.04. The van der Waals surface area contributed by atoms with Gasteiger partial charge in [0.1, 0.15) is 52.5 Å². The number of rotatable bonds is 2. The van der Waals surface area contributed by atoms with Gasteiger partial charge in [0.2, 0.25) is 0 Å². The summed E-state index contributed by atoms with van der Waals surface area (Å²) in [7, 11) is 0. The molecule has 3 aliphatic heterocycles. The molecule has 3 heterocycles. The maximum absolute atomic E-state index is 11.9. The molecule has 0 saturated carbocycles. The van der Waals surface area contributed by atoms with E-state index in [0.29, 0.717) is 5.56 Å². The largest absolute Gasteiger partial charge is 0.508 e. The summed E-state index contributed by atoms with van der Waals surface area (Å²) in [5, 5.41) is 85.0. The van der Waals surface area contributed by atoms with Crippen LogP contribution in [0.15, 0.2) is 60.7 Å². The molecule has 2 bridgehead atoms. The summed E-state index contributed by atoms with van der Waals surface area (Å²) in [6.07, 6.45) is -3.60. The van der Waals surface area contributed by atoms with E-state index in [0.717, 1.165) is 12.1 Å². The second-order valence-corrected chi connectivity index (χ2v) is 10.4. The number of aromatic hydroxyl groups is 6. The molecule has 7 rings (SSSR count). The van der Waals surface area contributed by atoms with Gasteiger partial charge >= 0.3 is 5.79 Å². The van der Waals surface area contributed by atoms with Gasteiger partial charge in [-0.15, -0.1) is 0 Å². The molecule has 0 aliphatic carbocycles. The van der Waals surface area contributed by atoms with E-state index >= 15 is 0 Å². The molecule has 11 nitrogen and oxygen atoms in total. The van der Waals surface area contributed by atoms with Crippen molar-refractivity contribution in [2.24, 2.45) is 0 Å². The number of benzene rings is 4. The van der Waals surface area contributed by atoms with Crippen LogP contribution in [0.25, 0.3) is 0 Å². The van der Waals surface area contributed by atoms with Crippen molar-refractivity contribution in [1.82, 2.24) is 0 Å². The smallest absolute Gasteiger partial charge is 0.305 e. The Bertz CT molecular complexity index is 1720. The van der Waals surface area contributed by atoms with E-state index in [1.54, 1.807) is 12.1 Å². The summed E-state index contributed by atoms with van der Waals surface area (Å²) in [4.78, 5) is 0. The molecule has 11 heteroatoms. The molecule has 0 unspecified atom stereocenters. The molecule has 0 aromatic heterocycles. The number of aliphatic hydroxyl groups excluding tert-OH is 2. The number of hydrogen-bond donors (Lipinski definition) is 8. The molecular formula is C30H24O11. The maximum Gasteiger partial charge on any atom is 0.305 e. The van der Waals surface area contributed by atoms with E-state index in [1.807, 2.05) is 0 Å². The minimum Gasteiger partial charge on any atom is -0.508 e. The Morgan fingerprint density at radius 1 is 0.659 bits per heavy atom. The minimum atomic E-state index is -2.05. The van der Waals surface area contributed by atoms with Crippen LogP contribution in [-0.4, -0.2) is 53.1 Å². The normalized spacial score (nSPS) is 25.5. The highest BCUT2D eigenvalue weighted by Crippen LogP contribution is 2.62. The first kappa shape index (κ1) is 25.0. The van der Waals surface area contributed by atoms with Crippen molar-refractivity contribution in [3.8, 4) is 51.7 Å². The molecule has 210 valence electrons. The molecule has 0 fully saturated rings. The van der Waals surface area contributed by atoms with Crippen LogP contribution >= 0.6 is 0 Å². The van der Waals surface area contributed by atoms with E-state index in [-0.39, 0.29) is 68.9 Å². The van der Waals surface area contributed by atoms with E-state index in [2.05, 4.69) is 0 Å². The van der Waals surface area contributed by atoms with Gasteiger partial charge < -0.3 is 55.1 Å². The third-order valence-corrected chi connectivity index (χ3v) is 7.92. The second-order valence-electron chi connectivity index (χ2n) is 10.4. The lowest BCUT2D eigenvalue weighted by Crippen LogP contribution is -2.57. The predicted octanol–water partition coefficient (Wildman–Crippen LogP) is 3.09. The van der Waals surface area contributed by atoms with Gasteiger partial charge in [-0.3, -0.25) is 0 Å². The lowest BCUT2D eigenvalue weighted by Gasteiger charge is -2.50. The third kappa shape index (κ3) is 3.52. The Balaban J connectivity index is 1.48. The first-order chi connectivity index (χ1) is 19.6. The fourth-order valence-electron chi connectivity index (χ4n) is 6.04. The zero-order chi connectivity index (χ0) is 28.8. The van der Waals surface area contributed by atoms with Gasteiger partial charge in [0, 0.05) is 46.9 Å². The Hall–Kier alpha value is -5.00. The number of aliphatic hydroxyl groups is 2. The summed E-state index contributed by atoms with van der Waals surface area (Å²) in [5.41, 5.74) is 1.26. The molecule has 0 saturated heterocycles. The van der Waals surface area contributed by atoms with Crippen LogP contribution in [0.4, 0.5) is 0 Å². The molecule has 3 aliphatic rings. The van der Waals surface area contributed by atoms with Gasteiger partial charge in [0.25, 0.3) is 0 Å². The van der Waals surface area contributed by atoms with Crippen molar-refractivity contribution in [3.05, 3.63) is 88.5 Å². The van der Waals surface area contributed by atoms with E-state index < -0.39 is 41.5 Å². The Labute approximate surface area is 231 Å². The molecule has 0 amide bonds. The summed E-state index contributed by atoms with van der Waals surface area (Å²) < 4.78 is 18.7. The lowest BCUT2D eigenvalue weighted by molar-refractivity contribution is -0.219. The summed E-state index contributed by atoms with van der Waals surface area (Å²) in [6.45, 7) is 0. The van der Waals surface area contributed by atoms with Crippen LogP contribution < -0.4 is 14.2 Å². The first-order valence-electron chi connectivity index (χ1n) is 12.7. The van der Waals surface area contributed by atoms with Crippen molar-refractivity contribution in [3.63, 3.8) is 0 Å². The standard InChI is InChI=1S/C30H24O11/c31-14-4-1-12(2-5-14)27-21(37)10-16-18(34)11-23-25(28(16)39-27)26-24-20(36)8-15(32)9-22(24)40-30(41-23,29(26)38)13-3-6-17(33)19(35)7-13/h1-9,11,21,26-27,29,31-38H,10H2/t21-,26-,27+,29-,30+/m0/s1. The van der Waals surface area contributed by atoms with Crippen LogP contribution in [0.3, 0.4) is 0 Å². The minimum absolute atomic E-state index is 0.0231. The van der Waals surface area contributed by atoms with Gasteiger partial charge in [0.15, 0.2) is 11.5 Å². The Morgan fingerprint density at radius 2 is 1.37 bits per heavy atom. The number of phenolic OH excluding ortho intramolecular Hbond substituents is 6. The fraction of sp³-hybridized carbons (Fsp3) is 0.200. The van der Waals surface area contributed by atoms with Crippen molar-refractivity contribution >= 4 is 0 Å². The van der Waals surface area contributed by atoms with Crippen LogP contribution in [0.5, 0.6) is 51.7 Å². The topological polar surface area (TPSA) is 190 Å². The van der Waals surface area contributed by atoms with Gasteiger partial charge in [0.05, 0.1) is 12.0 Å². The quantitative estimate of drug-likeness (QED) is 0.168. The molecule has 0 spiro atoms. The van der Waals surface area contributed by atoms with Crippen molar-refractivity contribution in [2.75, 3.05) is 0 Å². The van der Waals surface area contributed by atoms with Crippen molar-refractivity contribution < 1.29 is 55.1 Å². The molecule has 41 heavy (non-hydrogen) atoms. The molecule has 0 radical (unpaired) electrons. The monoisotopic (exact) mass is 560 g/mol. The van der Waals surface area contributed by atoms with Gasteiger partial charge in [-0.05, 0) is 35.9 Å². The summed E-state index contributed by atoms with van der Waals surface area (Å²) >= 11 is 0. The highest BCUT2D eigenvalue weighted by atomic mass is 16.7. The van der Waals surface area contributed by atoms with Crippen LogP contribution in [0, 0.1) is 0 Å². The average Bonchev–Trinajstić information content (AvgIpc) is 2.91. The van der Waals surface area contributed by atoms with Gasteiger partial charge in [-0.1, -0.05) is 12.1 Å². The maximum atomic E-state index is 11.9. The van der Waals surface area contributed by atoms with Crippen molar-refractivity contribution in [1.29, 1.82) is 0 Å². The SMILES string of the molecule is Oc1ccc([C@H]2Oc3c(c(O)cc4c3[C@@H]3c5c(O)cc(O)cc5O[C@](c5ccc(O)c(O)c5)(O4)[C@H]3O)C[C@@H]2O)cc1.